The molecule has 84 valence electrons. The van der Waals surface area contributed by atoms with Crippen LogP contribution in [-0.2, 0) is 6.42 Å². The molecule has 0 aliphatic rings. The van der Waals surface area contributed by atoms with Gasteiger partial charge in [-0.15, -0.1) is 0 Å². The Balaban J connectivity index is 2.72. The molecule has 1 atom stereocenters. The molecule has 1 aromatic carbocycles. The van der Waals surface area contributed by atoms with E-state index >= 15 is 0 Å². The van der Waals surface area contributed by atoms with Gasteiger partial charge in [-0.05, 0) is 17.7 Å². The van der Waals surface area contributed by atoms with E-state index in [1.165, 1.54) is 19.2 Å². The minimum absolute atomic E-state index is 0.388. The highest BCUT2D eigenvalue weighted by Gasteiger charge is 2.37. The fourth-order valence-corrected chi connectivity index (χ4v) is 1.14. The lowest BCUT2D eigenvalue weighted by molar-refractivity contribution is -0.203. The summed E-state index contributed by atoms with van der Waals surface area (Å²) >= 11 is 0. The van der Waals surface area contributed by atoms with Crippen LogP contribution < -0.4 is 4.74 Å². The molecule has 1 rings (SSSR count). The zero-order chi connectivity index (χ0) is 11.5. The SMILES string of the molecule is COc1cccc(C[C@@H](O)C(F)(F)F)c1. The van der Waals surface area contributed by atoms with Gasteiger partial charge >= 0.3 is 6.18 Å². The van der Waals surface area contributed by atoms with Crippen LogP contribution in [0.25, 0.3) is 0 Å². The van der Waals surface area contributed by atoms with Crippen molar-refractivity contribution in [3.05, 3.63) is 29.8 Å². The van der Waals surface area contributed by atoms with Crippen molar-refractivity contribution in [3.8, 4) is 5.75 Å². The van der Waals surface area contributed by atoms with Crippen LogP contribution in [-0.4, -0.2) is 24.5 Å². The molecule has 0 radical (unpaired) electrons. The lowest BCUT2D eigenvalue weighted by Gasteiger charge is -2.14. The number of alkyl halides is 3. The molecule has 5 heteroatoms. The Morgan fingerprint density at radius 3 is 2.60 bits per heavy atom. The standard InChI is InChI=1S/C10H11F3O2/c1-15-8-4-2-3-7(5-8)6-9(14)10(11,12)13/h2-5,9,14H,6H2,1H3/t9-/m1/s1. The summed E-state index contributed by atoms with van der Waals surface area (Å²) in [5, 5.41) is 8.84. The highest BCUT2D eigenvalue weighted by atomic mass is 19.4. The molecule has 0 heterocycles. The first kappa shape index (κ1) is 11.8. The number of aliphatic hydroxyl groups excluding tert-OH is 1. The van der Waals surface area contributed by atoms with Crippen LogP contribution in [0, 0.1) is 0 Å². The second kappa shape index (κ2) is 4.53. The first-order valence-electron chi connectivity index (χ1n) is 4.31. The normalized spacial score (nSPS) is 13.7. The largest absolute Gasteiger partial charge is 0.497 e. The smallest absolute Gasteiger partial charge is 0.414 e. The number of hydrogen-bond acceptors (Lipinski definition) is 2. The van der Waals surface area contributed by atoms with Crippen LogP contribution in [0.2, 0.25) is 0 Å². The molecule has 0 fully saturated rings. The molecule has 2 nitrogen and oxygen atoms in total. The molecule has 0 bridgehead atoms. The quantitative estimate of drug-likeness (QED) is 0.845. The van der Waals surface area contributed by atoms with Gasteiger partial charge in [0.15, 0.2) is 6.10 Å². The maximum atomic E-state index is 12.0. The summed E-state index contributed by atoms with van der Waals surface area (Å²) in [6.45, 7) is 0. The predicted molar refractivity (Wildman–Crippen MR) is 48.8 cm³/mol. The van der Waals surface area contributed by atoms with Crippen LogP contribution in [0.15, 0.2) is 24.3 Å². The number of aliphatic hydroxyl groups is 1. The lowest BCUT2D eigenvalue weighted by atomic mass is 10.1. The minimum atomic E-state index is -4.58. The topological polar surface area (TPSA) is 29.5 Å². The maximum absolute atomic E-state index is 12.0. The van der Waals surface area contributed by atoms with Crippen LogP contribution in [0.4, 0.5) is 13.2 Å². The van der Waals surface area contributed by atoms with Crippen molar-refractivity contribution in [2.24, 2.45) is 0 Å². The van der Waals surface area contributed by atoms with Gasteiger partial charge in [0.1, 0.15) is 5.75 Å². The van der Waals surface area contributed by atoms with Gasteiger partial charge in [-0.25, -0.2) is 0 Å². The van der Waals surface area contributed by atoms with E-state index < -0.39 is 18.7 Å². The average Bonchev–Trinajstić information content (AvgIpc) is 2.16. The third-order valence-electron chi connectivity index (χ3n) is 1.94. The second-order valence-corrected chi connectivity index (χ2v) is 3.11. The first-order chi connectivity index (χ1) is 6.93. The van der Waals surface area contributed by atoms with Crippen molar-refractivity contribution in [1.29, 1.82) is 0 Å². The second-order valence-electron chi connectivity index (χ2n) is 3.11. The zero-order valence-electron chi connectivity index (χ0n) is 8.08. The van der Waals surface area contributed by atoms with E-state index in [0.717, 1.165) is 0 Å². The fourth-order valence-electron chi connectivity index (χ4n) is 1.14. The highest BCUT2D eigenvalue weighted by Crippen LogP contribution is 2.24. The molecule has 0 saturated carbocycles. The molecular weight excluding hydrogens is 209 g/mol. The third-order valence-corrected chi connectivity index (χ3v) is 1.94. The van der Waals surface area contributed by atoms with Crippen molar-refractivity contribution < 1.29 is 23.0 Å². The van der Waals surface area contributed by atoms with Gasteiger partial charge in [-0.3, -0.25) is 0 Å². The lowest BCUT2D eigenvalue weighted by Crippen LogP contribution is -2.30. The van der Waals surface area contributed by atoms with Crippen LogP contribution >= 0.6 is 0 Å². The van der Waals surface area contributed by atoms with Gasteiger partial charge in [-0.2, -0.15) is 13.2 Å². The van der Waals surface area contributed by atoms with Crippen LogP contribution in [0.1, 0.15) is 5.56 Å². The summed E-state index contributed by atoms with van der Waals surface area (Å²) in [6, 6.07) is 6.19. The Bertz CT molecular complexity index is 323. The van der Waals surface area contributed by atoms with Crippen molar-refractivity contribution >= 4 is 0 Å². The molecule has 0 aliphatic heterocycles. The summed E-state index contributed by atoms with van der Waals surface area (Å²) in [4.78, 5) is 0. The zero-order valence-corrected chi connectivity index (χ0v) is 8.08. The molecule has 0 saturated heterocycles. The number of benzene rings is 1. The summed E-state index contributed by atoms with van der Waals surface area (Å²) in [6.07, 6.45) is -7.37. The van der Waals surface area contributed by atoms with Gasteiger partial charge in [0, 0.05) is 6.42 Å². The predicted octanol–water partition coefficient (Wildman–Crippen LogP) is 2.16. The Kier molecular flexibility index (Phi) is 3.57. The average molecular weight is 220 g/mol. The Hall–Kier alpha value is -1.23. The van der Waals surface area contributed by atoms with Crippen molar-refractivity contribution in [2.45, 2.75) is 18.7 Å². The number of rotatable bonds is 3. The Labute approximate surface area is 85.3 Å². The van der Waals surface area contributed by atoms with Crippen LogP contribution in [0.3, 0.4) is 0 Å². The Morgan fingerprint density at radius 2 is 2.07 bits per heavy atom. The summed E-state index contributed by atoms with van der Waals surface area (Å²) < 4.78 is 41.0. The van der Waals surface area contributed by atoms with Gasteiger partial charge in [0.2, 0.25) is 0 Å². The summed E-state index contributed by atoms with van der Waals surface area (Å²) in [5.41, 5.74) is 0.388. The number of halogens is 3. The number of hydrogen-bond donors (Lipinski definition) is 1. The van der Waals surface area contributed by atoms with E-state index in [1.807, 2.05) is 0 Å². The first-order valence-corrected chi connectivity index (χ1v) is 4.31. The molecular formula is C10H11F3O2. The molecule has 0 amide bonds. The maximum Gasteiger partial charge on any atom is 0.414 e. The monoisotopic (exact) mass is 220 g/mol. The molecule has 15 heavy (non-hydrogen) atoms. The highest BCUT2D eigenvalue weighted by molar-refractivity contribution is 5.28. The van der Waals surface area contributed by atoms with E-state index in [0.29, 0.717) is 11.3 Å². The Morgan fingerprint density at radius 1 is 1.40 bits per heavy atom. The van der Waals surface area contributed by atoms with Crippen molar-refractivity contribution in [1.82, 2.24) is 0 Å². The third kappa shape index (κ3) is 3.43. The van der Waals surface area contributed by atoms with Crippen LogP contribution in [0.5, 0.6) is 5.75 Å². The molecule has 1 N–H and O–H groups in total. The van der Waals surface area contributed by atoms with E-state index in [9.17, 15) is 13.2 Å². The van der Waals surface area contributed by atoms with E-state index in [2.05, 4.69) is 0 Å². The van der Waals surface area contributed by atoms with Gasteiger partial charge in [0.05, 0.1) is 7.11 Å². The number of ether oxygens (including phenoxy) is 1. The fraction of sp³-hybridized carbons (Fsp3) is 0.400. The summed E-state index contributed by atoms with van der Waals surface area (Å²) in [7, 11) is 1.43. The van der Waals surface area contributed by atoms with Gasteiger partial charge < -0.3 is 9.84 Å². The van der Waals surface area contributed by atoms with Gasteiger partial charge in [-0.1, -0.05) is 12.1 Å². The summed E-state index contributed by atoms with van der Waals surface area (Å²) in [5.74, 6) is 0.474. The molecule has 1 aromatic rings. The minimum Gasteiger partial charge on any atom is -0.497 e. The van der Waals surface area contributed by atoms with Crippen molar-refractivity contribution in [3.63, 3.8) is 0 Å². The molecule has 0 aromatic heterocycles. The molecule has 0 spiro atoms. The number of methoxy groups -OCH3 is 1. The van der Waals surface area contributed by atoms with E-state index in [-0.39, 0.29) is 0 Å². The van der Waals surface area contributed by atoms with Crippen molar-refractivity contribution in [2.75, 3.05) is 7.11 Å². The van der Waals surface area contributed by atoms with Gasteiger partial charge in [0.25, 0.3) is 0 Å². The van der Waals surface area contributed by atoms with E-state index in [1.54, 1.807) is 12.1 Å². The van der Waals surface area contributed by atoms with E-state index in [4.69, 9.17) is 9.84 Å². The molecule has 0 aliphatic carbocycles. The molecule has 0 unspecified atom stereocenters.